The van der Waals surface area contributed by atoms with Crippen molar-refractivity contribution in [3.05, 3.63) is 100 Å². The third-order valence-corrected chi connectivity index (χ3v) is 8.59. The normalized spacial score (nSPS) is 11.3. The number of rotatable bonds is 7. The Hall–Kier alpha value is -3.42. The van der Waals surface area contributed by atoms with Crippen molar-refractivity contribution in [2.75, 3.05) is 16.7 Å². The number of anilines is 2. The quantitative estimate of drug-likeness (QED) is 0.328. The van der Waals surface area contributed by atoms with Gasteiger partial charge in [0.25, 0.3) is 15.9 Å². The van der Waals surface area contributed by atoms with Gasteiger partial charge in [-0.3, -0.25) is 9.10 Å². The molecule has 0 unspecified atom stereocenters. The van der Waals surface area contributed by atoms with Gasteiger partial charge in [-0.1, -0.05) is 61.5 Å². The molecule has 0 radical (unpaired) electrons. The molecule has 0 aliphatic carbocycles. The summed E-state index contributed by atoms with van der Waals surface area (Å²) in [7, 11) is -2.53. The number of aryl methyl sites for hydroxylation is 2. The van der Waals surface area contributed by atoms with Gasteiger partial charge in [-0.15, -0.1) is 11.3 Å². The van der Waals surface area contributed by atoms with E-state index in [-0.39, 0.29) is 9.77 Å². The molecular formula is C27H26N2O3S2. The largest absolute Gasteiger partial charge is 0.321 e. The van der Waals surface area contributed by atoms with Crippen LogP contribution in [-0.2, 0) is 16.4 Å². The van der Waals surface area contributed by atoms with Crippen LogP contribution in [0.4, 0.5) is 11.4 Å². The molecule has 3 aromatic carbocycles. The number of hydrogen-bond donors (Lipinski definition) is 1. The van der Waals surface area contributed by atoms with Crippen molar-refractivity contribution >= 4 is 38.6 Å². The Bertz CT molecular complexity index is 1430. The van der Waals surface area contributed by atoms with Crippen LogP contribution in [0.5, 0.6) is 0 Å². The highest BCUT2D eigenvalue weighted by molar-refractivity contribution is 7.93. The van der Waals surface area contributed by atoms with Gasteiger partial charge in [-0.25, -0.2) is 8.42 Å². The van der Waals surface area contributed by atoms with Crippen molar-refractivity contribution in [2.45, 2.75) is 25.2 Å². The number of hydrogen-bond acceptors (Lipinski definition) is 4. The number of benzene rings is 3. The smallest absolute Gasteiger partial charge is 0.267 e. The number of thiophene rings is 1. The molecule has 1 heterocycles. The lowest BCUT2D eigenvalue weighted by molar-refractivity contribution is 0.102. The lowest BCUT2D eigenvalue weighted by Gasteiger charge is -2.21. The summed E-state index contributed by atoms with van der Waals surface area (Å²) in [6.45, 7) is 3.95. The van der Waals surface area contributed by atoms with Gasteiger partial charge in [0.2, 0.25) is 0 Å². The van der Waals surface area contributed by atoms with E-state index in [2.05, 4.69) is 5.32 Å². The van der Waals surface area contributed by atoms with Gasteiger partial charge in [-0.05, 0) is 54.3 Å². The van der Waals surface area contributed by atoms with E-state index in [1.165, 1.54) is 11.4 Å². The molecule has 0 spiro atoms. The molecule has 0 saturated carbocycles. The zero-order chi connectivity index (χ0) is 24.3. The minimum atomic E-state index is -4.04. The number of sulfonamides is 1. The lowest BCUT2D eigenvalue weighted by Crippen LogP contribution is -2.28. The van der Waals surface area contributed by atoms with Gasteiger partial charge >= 0.3 is 0 Å². The molecule has 174 valence electrons. The molecule has 4 rings (SSSR count). The monoisotopic (exact) mass is 490 g/mol. The van der Waals surface area contributed by atoms with Crippen LogP contribution in [0.1, 0.15) is 27.7 Å². The van der Waals surface area contributed by atoms with Crippen LogP contribution in [0.2, 0.25) is 0 Å². The maximum absolute atomic E-state index is 13.9. The summed E-state index contributed by atoms with van der Waals surface area (Å²) in [6.07, 6.45) is 0.835. The molecule has 1 aromatic heterocycles. The fourth-order valence-corrected chi connectivity index (χ4v) is 6.58. The van der Waals surface area contributed by atoms with E-state index >= 15 is 0 Å². The summed E-state index contributed by atoms with van der Waals surface area (Å²) in [6, 6.07) is 24.1. The summed E-state index contributed by atoms with van der Waals surface area (Å²) >= 11 is 1.13. The first-order chi connectivity index (χ1) is 16.3. The van der Waals surface area contributed by atoms with E-state index in [0.717, 1.165) is 34.4 Å². The molecule has 0 fully saturated rings. The van der Waals surface area contributed by atoms with Crippen LogP contribution in [0.3, 0.4) is 0 Å². The Morgan fingerprint density at radius 3 is 2.41 bits per heavy atom. The molecule has 0 aliphatic rings. The molecule has 0 atom stereocenters. The lowest BCUT2D eigenvalue weighted by atomic mass is 10.1. The molecule has 1 amide bonds. The summed E-state index contributed by atoms with van der Waals surface area (Å²) in [5, 5.41) is 4.63. The first-order valence-corrected chi connectivity index (χ1v) is 13.3. The third-order valence-electron chi connectivity index (χ3n) is 5.61. The van der Waals surface area contributed by atoms with Gasteiger partial charge in [0, 0.05) is 23.7 Å². The SMILES string of the molecule is CCc1cccc(NC(=O)c2scc(-c3ccccc3)c2S(=O)(=O)N(C)c2cccc(C)c2)c1. The van der Waals surface area contributed by atoms with Crippen molar-refractivity contribution in [1.82, 2.24) is 0 Å². The third kappa shape index (κ3) is 4.76. The number of nitrogens with zero attached hydrogens (tertiary/aromatic N) is 1. The van der Waals surface area contributed by atoms with Crippen molar-refractivity contribution in [1.29, 1.82) is 0 Å². The maximum atomic E-state index is 13.9. The van der Waals surface area contributed by atoms with Crippen molar-refractivity contribution in [3.63, 3.8) is 0 Å². The van der Waals surface area contributed by atoms with E-state index in [4.69, 9.17) is 0 Å². The van der Waals surface area contributed by atoms with Crippen LogP contribution < -0.4 is 9.62 Å². The van der Waals surface area contributed by atoms with E-state index in [1.807, 2.05) is 80.6 Å². The van der Waals surface area contributed by atoms with Crippen molar-refractivity contribution < 1.29 is 13.2 Å². The highest BCUT2D eigenvalue weighted by Gasteiger charge is 2.32. The highest BCUT2D eigenvalue weighted by Crippen LogP contribution is 2.38. The van der Waals surface area contributed by atoms with Crippen molar-refractivity contribution in [3.8, 4) is 11.1 Å². The molecule has 7 heteroatoms. The molecule has 0 aliphatic heterocycles. The van der Waals surface area contributed by atoms with Crippen molar-refractivity contribution in [2.24, 2.45) is 0 Å². The first-order valence-electron chi connectivity index (χ1n) is 10.9. The minimum absolute atomic E-state index is 0.0110. The molecule has 5 nitrogen and oxygen atoms in total. The molecule has 34 heavy (non-hydrogen) atoms. The predicted octanol–water partition coefficient (Wildman–Crippen LogP) is 6.36. The van der Waals surface area contributed by atoms with E-state index in [1.54, 1.807) is 17.5 Å². The molecule has 0 bridgehead atoms. The zero-order valence-electron chi connectivity index (χ0n) is 19.3. The fraction of sp³-hybridized carbons (Fsp3) is 0.148. The van der Waals surface area contributed by atoms with E-state index in [9.17, 15) is 13.2 Å². The van der Waals surface area contributed by atoms with Gasteiger partial charge < -0.3 is 5.32 Å². The Morgan fingerprint density at radius 2 is 1.71 bits per heavy atom. The minimum Gasteiger partial charge on any atom is -0.321 e. The second kappa shape index (κ2) is 9.83. The second-order valence-corrected chi connectivity index (χ2v) is 10.8. The number of amides is 1. The number of carbonyl (C=O) groups is 1. The van der Waals surface area contributed by atoms with E-state index in [0.29, 0.717) is 16.9 Å². The van der Waals surface area contributed by atoms with Gasteiger partial charge in [0.05, 0.1) is 5.69 Å². The van der Waals surface area contributed by atoms with Gasteiger partial charge in [0.15, 0.2) is 0 Å². The number of carbonyl (C=O) groups excluding carboxylic acids is 1. The topological polar surface area (TPSA) is 66.5 Å². The summed E-state index contributed by atoms with van der Waals surface area (Å²) < 4.78 is 29.1. The Kier molecular flexibility index (Phi) is 6.86. The van der Waals surface area contributed by atoms with Crippen LogP contribution in [0, 0.1) is 6.92 Å². The molecule has 1 N–H and O–H groups in total. The average Bonchev–Trinajstić information content (AvgIpc) is 3.31. The summed E-state index contributed by atoms with van der Waals surface area (Å²) in [4.78, 5) is 13.5. The summed E-state index contributed by atoms with van der Waals surface area (Å²) in [5.41, 5.74) is 4.45. The first kappa shape index (κ1) is 23.7. The maximum Gasteiger partial charge on any atom is 0.267 e. The Balaban J connectivity index is 1.82. The predicted molar refractivity (Wildman–Crippen MR) is 140 cm³/mol. The molecule has 4 aromatic rings. The van der Waals surface area contributed by atoms with Crippen LogP contribution >= 0.6 is 11.3 Å². The van der Waals surface area contributed by atoms with Gasteiger partial charge in [-0.2, -0.15) is 0 Å². The molecular weight excluding hydrogens is 464 g/mol. The fourth-order valence-electron chi connectivity index (χ4n) is 3.73. The zero-order valence-corrected chi connectivity index (χ0v) is 20.9. The Labute approximate surface area is 204 Å². The summed E-state index contributed by atoms with van der Waals surface area (Å²) in [5.74, 6) is -0.448. The van der Waals surface area contributed by atoms with Crippen LogP contribution in [0.25, 0.3) is 11.1 Å². The van der Waals surface area contributed by atoms with E-state index < -0.39 is 15.9 Å². The standard InChI is InChI=1S/C27H26N2O3S2/c1-4-20-11-9-14-22(17-20)28-27(30)25-26(24(18-33-25)21-12-6-5-7-13-21)34(31,32)29(3)23-15-8-10-19(2)16-23/h5-18H,4H2,1-3H3,(H,28,30). The highest BCUT2D eigenvalue weighted by atomic mass is 32.2. The van der Waals surface area contributed by atoms with Crippen LogP contribution in [0.15, 0.2) is 89.1 Å². The Morgan fingerprint density at radius 1 is 0.971 bits per heavy atom. The van der Waals surface area contributed by atoms with Gasteiger partial charge in [0.1, 0.15) is 9.77 Å². The second-order valence-electron chi connectivity index (χ2n) is 7.99. The average molecular weight is 491 g/mol. The van der Waals surface area contributed by atoms with Crippen LogP contribution in [-0.4, -0.2) is 21.4 Å². The number of nitrogens with one attached hydrogen (secondary N) is 1. The molecule has 0 saturated heterocycles.